The first-order valence-corrected chi connectivity index (χ1v) is 9.76. The van der Waals surface area contributed by atoms with Gasteiger partial charge in [0, 0.05) is 12.8 Å². The highest BCUT2D eigenvalue weighted by molar-refractivity contribution is 5.94. The van der Waals surface area contributed by atoms with Crippen molar-refractivity contribution in [1.82, 2.24) is 4.90 Å². The van der Waals surface area contributed by atoms with Gasteiger partial charge in [-0.2, -0.15) is 4.90 Å². The molecule has 0 aromatic heterocycles. The summed E-state index contributed by atoms with van der Waals surface area (Å²) in [6, 6.07) is -1.34. The summed E-state index contributed by atoms with van der Waals surface area (Å²) in [6.45, 7) is 15.0. The molecule has 0 rings (SSSR count). The predicted molar refractivity (Wildman–Crippen MR) is 108 cm³/mol. The molecule has 0 aliphatic rings. The summed E-state index contributed by atoms with van der Waals surface area (Å²) >= 11 is 0. The third-order valence-electron chi connectivity index (χ3n) is 3.37. The van der Waals surface area contributed by atoms with Crippen LogP contribution in [0.1, 0.15) is 74.1 Å². The van der Waals surface area contributed by atoms with Crippen molar-refractivity contribution in [2.24, 2.45) is 0 Å². The number of hydrogen-bond acceptors (Lipinski definition) is 7. The van der Waals surface area contributed by atoms with Gasteiger partial charge in [0.15, 0.2) is 0 Å². The number of rotatable bonds is 9. The number of nitrogens with zero attached hydrogens (tertiary/aromatic N) is 1. The Hall–Kier alpha value is -2.38. The monoisotopic (exact) mass is 413 g/mol. The van der Waals surface area contributed by atoms with Gasteiger partial charge in [-0.15, -0.1) is 6.58 Å². The molecule has 0 aromatic rings. The molecule has 8 nitrogen and oxygen atoms in total. The lowest BCUT2D eigenvalue weighted by Gasteiger charge is -2.32. The van der Waals surface area contributed by atoms with Crippen molar-refractivity contribution in [3.8, 4) is 0 Å². The van der Waals surface area contributed by atoms with E-state index in [1.54, 1.807) is 54.5 Å². The Morgan fingerprint density at radius 2 is 1.41 bits per heavy atom. The number of allylic oxidation sites excluding steroid dienone is 1. The SMILES string of the molecule is C=CCCC(=O)CC[C@H](C(=O)OCC)N(C(=O)OC(C)(C)C)C(=O)OC(C)(C)C. The quantitative estimate of drug-likeness (QED) is 0.314. The molecular weight excluding hydrogens is 378 g/mol. The fraction of sp³-hybridized carbons (Fsp3) is 0.714. The van der Waals surface area contributed by atoms with Crippen molar-refractivity contribution in [2.75, 3.05) is 6.61 Å². The van der Waals surface area contributed by atoms with Gasteiger partial charge in [-0.05, 0) is 61.3 Å². The Kier molecular flexibility index (Phi) is 10.6. The highest BCUT2D eigenvalue weighted by Crippen LogP contribution is 2.20. The van der Waals surface area contributed by atoms with Crippen LogP contribution < -0.4 is 0 Å². The second kappa shape index (κ2) is 11.6. The van der Waals surface area contributed by atoms with Gasteiger partial charge in [0.05, 0.1) is 6.61 Å². The molecule has 29 heavy (non-hydrogen) atoms. The largest absolute Gasteiger partial charge is 0.464 e. The van der Waals surface area contributed by atoms with E-state index < -0.39 is 35.4 Å². The molecule has 0 unspecified atom stereocenters. The number of amides is 2. The van der Waals surface area contributed by atoms with Gasteiger partial charge in [0.2, 0.25) is 0 Å². The van der Waals surface area contributed by atoms with Gasteiger partial charge in [0.1, 0.15) is 23.0 Å². The van der Waals surface area contributed by atoms with Gasteiger partial charge < -0.3 is 14.2 Å². The second-order valence-corrected chi connectivity index (χ2v) is 8.50. The minimum atomic E-state index is -1.34. The minimum Gasteiger partial charge on any atom is -0.464 e. The molecule has 0 heterocycles. The molecule has 8 heteroatoms. The summed E-state index contributed by atoms with van der Waals surface area (Å²) in [5, 5.41) is 0. The van der Waals surface area contributed by atoms with E-state index in [1.165, 1.54) is 0 Å². The van der Waals surface area contributed by atoms with E-state index in [0.717, 1.165) is 0 Å². The first-order valence-electron chi connectivity index (χ1n) is 9.76. The van der Waals surface area contributed by atoms with E-state index in [2.05, 4.69) is 6.58 Å². The lowest BCUT2D eigenvalue weighted by Crippen LogP contribution is -2.52. The Labute approximate surface area is 173 Å². The predicted octanol–water partition coefficient (Wildman–Crippen LogP) is 4.41. The van der Waals surface area contributed by atoms with Crippen LogP contribution in [0, 0.1) is 0 Å². The maximum Gasteiger partial charge on any atom is 0.420 e. The fourth-order valence-electron chi connectivity index (χ4n) is 2.23. The lowest BCUT2D eigenvalue weighted by molar-refractivity contribution is -0.149. The van der Waals surface area contributed by atoms with Gasteiger partial charge >= 0.3 is 18.2 Å². The average molecular weight is 414 g/mol. The van der Waals surface area contributed by atoms with E-state index in [-0.39, 0.29) is 31.7 Å². The molecule has 0 aliphatic heterocycles. The second-order valence-electron chi connectivity index (χ2n) is 8.50. The fourth-order valence-corrected chi connectivity index (χ4v) is 2.23. The number of carbonyl (C=O) groups is 4. The van der Waals surface area contributed by atoms with Crippen molar-refractivity contribution >= 4 is 23.9 Å². The van der Waals surface area contributed by atoms with Crippen LogP contribution >= 0.6 is 0 Å². The number of hydrogen-bond donors (Lipinski definition) is 0. The maximum absolute atomic E-state index is 12.7. The zero-order chi connectivity index (χ0) is 22.8. The number of imide groups is 1. The molecular formula is C21H35NO7. The molecule has 0 bridgehead atoms. The van der Waals surface area contributed by atoms with Crippen molar-refractivity contribution in [1.29, 1.82) is 0 Å². The summed E-state index contributed by atoms with van der Waals surface area (Å²) in [5.74, 6) is -0.923. The first kappa shape index (κ1) is 26.6. The molecule has 0 aliphatic carbocycles. The molecule has 2 amide bonds. The Morgan fingerprint density at radius 3 is 1.79 bits per heavy atom. The van der Waals surface area contributed by atoms with Crippen LogP contribution in [0.4, 0.5) is 9.59 Å². The Balaban J connectivity index is 5.80. The van der Waals surface area contributed by atoms with Crippen molar-refractivity contribution in [2.45, 2.75) is 91.4 Å². The normalized spacial score (nSPS) is 12.5. The van der Waals surface area contributed by atoms with Gasteiger partial charge in [0.25, 0.3) is 0 Å². The number of carbonyl (C=O) groups excluding carboxylic acids is 4. The minimum absolute atomic E-state index is 0.0145. The van der Waals surface area contributed by atoms with Crippen LogP contribution in [0.25, 0.3) is 0 Å². The molecule has 1 atom stereocenters. The maximum atomic E-state index is 12.7. The van der Waals surface area contributed by atoms with Crippen LogP contribution in [0.5, 0.6) is 0 Å². The molecule has 0 fully saturated rings. The number of ketones is 1. The summed E-state index contributed by atoms with van der Waals surface area (Å²) in [5.41, 5.74) is -1.81. The smallest absolute Gasteiger partial charge is 0.420 e. The zero-order valence-electron chi connectivity index (χ0n) is 18.7. The van der Waals surface area contributed by atoms with E-state index in [1.807, 2.05) is 0 Å². The molecule has 0 saturated heterocycles. The first-order chi connectivity index (χ1) is 13.2. The third kappa shape index (κ3) is 11.3. The highest BCUT2D eigenvalue weighted by atomic mass is 16.6. The molecule has 0 spiro atoms. The van der Waals surface area contributed by atoms with E-state index >= 15 is 0 Å². The van der Waals surface area contributed by atoms with E-state index in [4.69, 9.17) is 14.2 Å². The Bertz CT molecular complexity index is 571. The van der Waals surface area contributed by atoms with E-state index in [0.29, 0.717) is 11.3 Å². The molecule has 0 radical (unpaired) electrons. The van der Waals surface area contributed by atoms with Crippen molar-refractivity contribution in [3.63, 3.8) is 0 Å². The lowest BCUT2D eigenvalue weighted by atomic mass is 10.0. The molecule has 0 N–H and O–H groups in total. The van der Waals surface area contributed by atoms with Crippen molar-refractivity contribution in [3.05, 3.63) is 12.7 Å². The van der Waals surface area contributed by atoms with Crippen LogP contribution in [-0.2, 0) is 23.8 Å². The van der Waals surface area contributed by atoms with Crippen molar-refractivity contribution < 1.29 is 33.4 Å². The number of esters is 1. The summed E-state index contributed by atoms with van der Waals surface area (Å²) < 4.78 is 15.6. The number of ether oxygens (including phenoxy) is 3. The standard InChI is InChI=1S/C21H35NO7/c1-9-11-12-15(23)13-14-16(17(24)27-10-2)22(18(25)28-20(3,4)5)19(26)29-21(6,7)8/h9,16H,1,10-14H2,2-8H3/t16-/m1/s1. The summed E-state index contributed by atoms with van der Waals surface area (Å²) in [6.07, 6.45) is 0.204. The topological polar surface area (TPSA) is 99.2 Å². The molecule has 0 saturated carbocycles. The van der Waals surface area contributed by atoms with Crippen LogP contribution in [0.2, 0.25) is 0 Å². The summed E-state index contributed by atoms with van der Waals surface area (Å²) in [7, 11) is 0. The zero-order valence-corrected chi connectivity index (χ0v) is 18.7. The molecule has 0 aromatic carbocycles. The van der Waals surface area contributed by atoms with Gasteiger partial charge in [-0.1, -0.05) is 6.08 Å². The average Bonchev–Trinajstić information content (AvgIpc) is 2.53. The van der Waals surface area contributed by atoms with E-state index in [9.17, 15) is 19.2 Å². The molecule has 166 valence electrons. The highest BCUT2D eigenvalue weighted by Gasteiger charge is 2.41. The Morgan fingerprint density at radius 1 is 0.931 bits per heavy atom. The van der Waals surface area contributed by atoms with Crippen LogP contribution in [0.3, 0.4) is 0 Å². The van der Waals surface area contributed by atoms with Gasteiger partial charge in [-0.3, -0.25) is 4.79 Å². The summed E-state index contributed by atoms with van der Waals surface area (Å²) in [4.78, 5) is 50.7. The van der Waals surface area contributed by atoms with Crippen LogP contribution in [0.15, 0.2) is 12.7 Å². The number of Topliss-reactive ketones (excluding diaryl/α,β-unsaturated/α-hetero) is 1. The van der Waals surface area contributed by atoms with Gasteiger partial charge in [-0.25, -0.2) is 14.4 Å². The van der Waals surface area contributed by atoms with Crippen LogP contribution in [-0.4, -0.2) is 52.7 Å². The third-order valence-corrected chi connectivity index (χ3v) is 3.37.